The van der Waals surface area contributed by atoms with E-state index in [1.807, 2.05) is 0 Å². The van der Waals surface area contributed by atoms with E-state index in [-0.39, 0.29) is 17.0 Å². The third-order valence-electron chi connectivity index (χ3n) is 2.52. The first-order valence-electron chi connectivity index (χ1n) is 5.29. The Morgan fingerprint density at radius 2 is 1.74 bits per heavy atom. The van der Waals surface area contributed by atoms with Crippen LogP contribution in [-0.2, 0) is 0 Å². The summed E-state index contributed by atoms with van der Waals surface area (Å²) in [6.45, 7) is 0. The zero-order valence-corrected chi connectivity index (χ0v) is 9.43. The second-order valence-electron chi connectivity index (χ2n) is 3.79. The minimum Gasteiger partial charge on any atom is -0.452 e. The zero-order valence-electron chi connectivity index (χ0n) is 9.43. The molecule has 19 heavy (non-hydrogen) atoms. The molecule has 2 aromatic carbocycles. The Labute approximate surface area is 105 Å². The number of halogens is 2. The molecule has 0 saturated heterocycles. The summed E-state index contributed by atoms with van der Waals surface area (Å²) in [7, 11) is 0. The summed E-state index contributed by atoms with van der Waals surface area (Å²) >= 11 is 0. The van der Waals surface area contributed by atoms with Gasteiger partial charge in [0.1, 0.15) is 5.82 Å². The first kappa shape index (κ1) is 11.4. The van der Waals surface area contributed by atoms with Gasteiger partial charge < -0.3 is 10.5 Å². The van der Waals surface area contributed by atoms with Crippen molar-refractivity contribution >= 4 is 16.7 Å². The van der Waals surface area contributed by atoms with Gasteiger partial charge in [0.15, 0.2) is 28.3 Å². The van der Waals surface area contributed by atoms with Gasteiger partial charge in [-0.3, -0.25) is 0 Å². The molecule has 2 N–H and O–H groups in total. The predicted octanol–water partition coefficient (Wildman–Crippen LogP) is 2.88. The fourth-order valence-corrected chi connectivity index (χ4v) is 1.62. The monoisotopic (exact) mass is 263 g/mol. The predicted molar refractivity (Wildman–Crippen MR) is 62.6 cm³/mol. The van der Waals surface area contributed by atoms with Crippen LogP contribution in [0.4, 0.5) is 14.5 Å². The highest BCUT2D eigenvalue weighted by molar-refractivity contribution is 5.90. The van der Waals surface area contributed by atoms with Crippen molar-refractivity contribution in [3.8, 4) is 11.5 Å². The van der Waals surface area contributed by atoms with Crippen molar-refractivity contribution in [2.75, 3.05) is 5.73 Å². The van der Waals surface area contributed by atoms with Crippen molar-refractivity contribution in [1.82, 2.24) is 10.3 Å². The van der Waals surface area contributed by atoms with Gasteiger partial charge in [-0.2, -0.15) is 0 Å². The van der Waals surface area contributed by atoms with Gasteiger partial charge in [-0.25, -0.2) is 13.4 Å². The second-order valence-corrected chi connectivity index (χ2v) is 3.79. The van der Waals surface area contributed by atoms with Gasteiger partial charge >= 0.3 is 0 Å². The summed E-state index contributed by atoms with van der Waals surface area (Å²) in [4.78, 5) is 0. The average molecular weight is 263 g/mol. The van der Waals surface area contributed by atoms with E-state index in [9.17, 15) is 8.78 Å². The van der Waals surface area contributed by atoms with E-state index < -0.39 is 11.6 Å². The summed E-state index contributed by atoms with van der Waals surface area (Å²) in [5.41, 5.74) is 6.62. The van der Waals surface area contributed by atoms with Gasteiger partial charge in [0, 0.05) is 6.07 Å². The van der Waals surface area contributed by atoms with Gasteiger partial charge in [-0.1, -0.05) is 0 Å². The summed E-state index contributed by atoms with van der Waals surface area (Å²) in [6.07, 6.45) is 0. The fourth-order valence-electron chi connectivity index (χ4n) is 1.62. The van der Waals surface area contributed by atoms with Crippen molar-refractivity contribution < 1.29 is 18.1 Å². The number of hydrogen-bond acceptors (Lipinski definition) is 5. The Bertz CT molecular complexity index is 758. The molecule has 0 aliphatic rings. The van der Waals surface area contributed by atoms with Crippen LogP contribution in [0, 0.1) is 11.6 Å². The van der Waals surface area contributed by atoms with E-state index >= 15 is 0 Å². The van der Waals surface area contributed by atoms with E-state index in [1.54, 1.807) is 0 Å². The lowest BCUT2D eigenvalue weighted by Gasteiger charge is -2.07. The maximum atomic E-state index is 13.5. The molecular formula is C12H7F2N3O2. The number of aromatic nitrogens is 2. The second kappa shape index (κ2) is 4.20. The number of nitrogens with zero attached hydrogens (tertiary/aromatic N) is 2. The van der Waals surface area contributed by atoms with Gasteiger partial charge in [0.2, 0.25) is 0 Å². The van der Waals surface area contributed by atoms with Crippen LogP contribution in [-0.4, -0.2) is 10.3 Å². The molecule has 0 aliphatic heterocycles. The Morgan fingerprint density at radius 3 is 2.53 bits per heavy atom. The average Bonchev–Trinajstić information content (AvgIpc) is 2.86. The van der Waals surface area contributed by atoms with E-state index in [0.717, 1.165) is 12.1 Å². The van der Waals surface area contributed by atoms with Crippen LogP contribution in [0.1, 0.15) is 0 Å². The number of fused-ring (bicyclic) bond motifs is 1. The van der Waals surface area contributed by atoms with Gasteiger partial charge in [-0.05, 0) is 34.6 Å². The summed E-state index contributed by atoms with van der Waals surface area (Å²) in [6, 6.07) is 6.03. The highest BCUT2D eigenvalue weighted by atomic mass is 19.1. The largest absolute Gasteiger partial charge is 0.452 e. The number of nitrogen functional groups attached to an aromatic ring is 1. The fraction of sp³-hybridized carbons (Fsp3) is 0. The lowest BCUT2D eigenvalue weighted by atomic mass is 10.2. The SMILES string of the molecule is Nc1ccc(Oc2ccc(F)cc2F)c2nonc12. The Kier molecular flexibility index (Phi) is 2.52. The van der Waals surface area contributed by atoms with Crippen molar-refractivity contribution in [3.63, 3.8) is 0 Å². The van der Waals surface area contributed by atoms with E-state index in [2.05, 4.69) is 14.9 Å². The molecule has 0 aliphatic carbocycles. The van der Waals surface area contributed by atoms with Crippen molar-refractivity contribution in [2.24, 2.45) is 0 Å². The maximum Gasteiger partial charge on any atom is 0.179 e. The van der Waals surface area contributed by atoms with Crippen LogP contribution in [0.5, 0.6) is 11.5 Å². The normalized spacial score (nSPS) is 10.8. The van der Waals surface area contributed by atoms with Crippen LogP contribution in [0.25, 0.3) is 11.0 Å². The molecule has 0 spiro atoms. The number of nitrogens with two attached hydrogens (primary N) is 1. The smallest absolute Gasteiger partial charge is 0.179 e. The van der Waals surface area contributed by atoms with Crippen molar-refractivity contribution in [2.45, 2.75) is 0 Å². The molecule has 5 nitrogen and oxygen atoms in total. The highest BCUT2D eigenvalue weighted by Crippen LogP contribution is 2.32. The Balaban J connectivity index is 2.06. The Hall–Kier alpha value is -2.70. The summed E-state index contributed by atoms with van der Waals surface area (Å²) in [5, 5.41) is 7.25. The molecule has 3 aromatic rings. The molecular weight excluding hydrogens is 256 g/mol. The molecule has 0 saturated carbocycles. The molecule has 0 unspecified atom stereocenters. The van der Waals surface area contributed by atoms with Crippen molar-refractivity contribution in [3.05, 3.63) is 42.0 Å². The zero-order chi connectivity index (χ0) is 13.4. The molecule has 0 radical (unpaired) electrons. The highest BCUT2D eigenvalue weighted by Gasteiger charge is 2.13. The summed E-state index contributed by atoms with van der Waals surface area (Å²) < 4.78 is 36.2. The quantitative estimate of drug-likeness (QED) is 0.719. The van der Waals surface area contributed by atoms with E-state index in [0.29, 0.717) is 11.2 Å². The van der Waals surface area contributed by atoms with E-state index in [4.69, 9.17) is 10.5 Å². The first-order valence-corrected chi connectivity index (χ1v) is 5.29. The first-order chi connectivity index (χ1) is 9.15. The van der Waals surface area contributed by atoms with Crippen LogP contribution in [0.3, 0.4) is 0 Å². The number of rotatable bonds is 2. The number of anilines is 1. The van der Waals surface area contributed by atoms with Crippen LogP contribution < -0.4 is 10.5 Å². The van der Waals surface area contributed by atoms with Gasteiger partial charge in [-0.15, -0.1) is 0 Å². The topological polar surface area (TPSA) is 74.2 Å². The minimum atomic E-state index is -0.818. The molecule has 0 amide bonds. The molecule has 0 fully saturated rings. The van der Waals surface area contributed by atoms with Crippen LogP contribution in [0.2, 0.25) is 0 Å². The Morgan fingerprint density at radius 1 is 1.00 bits per heavy atom. The van der Waals surface area contributed by atoms with Gasteiger partial charge in [0.05, 0.1) is 5.69 Å². The minimum absolute atomic E-state index is 0.129. The number of hydrogen-bond donors (Lipinski definition) is 1. The summed E-state index contributed by atoms with van der Waals surface area (Å²) in [5.74, 6) is -1.41. The molecule has 0 bridgehead atoms. The lowest BCUT2D eigenvalue weighted by molar-refractivity contribution is 0.314. The molecule has 1 aromatic heterocycles. The van der Waals surface area contributed by atoms with Crippen LogP contribution >= 0.6 is 0 Å². The standard InChI is InChI=1S/C12H7F2N3O2/c13-6-1-3-9(7(14)5-6)18-10-4-2-8(15)11-12(10)17-19-16-11/h1-5H,15H2. The molecule has 0 atom stereocenters. The maximum absolute atomic E-state index is 13.5. The van der Waals surface area contributed by atoms with Crippen molar-refractivity contribution in [1.29, 1.82) is 0 Å². The molecule has 3 rings (SSSR count). The number of ether oxygens (including phenoxy) is 1. The number of benzene rings is 2. The van der Waals surface area contributed by atoms with Crippen LogP contribution in [0.15, 0.2) is 35.0 Å². The molecule has 7 heteroatoms. The third kappa shape index (κ3) is 1.95. The molecule has 96 valence electrons. The van der Waals surface area contributed by atoms with E-state index in [1.165, 1.54) is 18.2 Å². The lowest BCUT2D eigenvalue weighted by Crippen LogP contribution is -1.92. The third-order valence-corrected chi connectivity index (χ3v) is 2.52. The van der Waals surface area contributed by atoms with Gasteiger partial charge in [0.25, 0.3) is 0 Å². The molecule has 1 heterocycles.